The van der Waals surface area contributed by atoms with Crippen LogP contribution in [0, 0.1) is 17.8 Å². The Morgan fingerprint density at radius 3 is 2.12 bits per heavy atom. The fourth-order valence-corrected chi connectivity index (χ4v) is 4.68. The zero-order valence-corrected chi connectivity index (χ0v) is 17.5. The van der Waals surface area contributed by atoms with Gasteiger partial charge in [-0.25, -0.2) is 0 Å². The van der Waals surface area contributed by atoms with E-state index in [1.54, 1.807) is 0 Å². The third kappa shape index (κ3) is 5.70. The van der Waals surface area contributed by atoms with Crippen LogP contribution in [0.3, 0.4) is 0 Å². The van der Waals surface area contributed by atoms with E-state index >= 15 is 0 Å². The Morgan fingerprint density at radius 1 is 1.04 bits per heavy atom. The molecule has 1 aliphatic heterocycles. The number of carboxylic acid groups (broad SMARTS) is 2. The molecule has 152 valence electrons. The largest absolute Gasteiger partial charge is 0.481 e. The zero-order valence-electron chi connectivity index (χ0n) is 17.5. The van der Waals surface area contributed by atoms with E-state index in [4.69, 9.17) is 5.11 Å². The van der Waals surface area contributed by atoms with Gasteiger partial charge in [0.2, 0.25) is 0 Å². The number of hydrogen-bond acceptors (Lipinski definition) is 3. The fourth-order valence-electron chi connectivity index (χ4n) is 4.68. The maximum Gasteiger partial charge on any atom is 0.306 e. The minimum Gasteiger partial charge on any atom is -0.481 e. The van der Waals surface area contributed by atoms with E-state index < -0.39 is 11.9 Å². The molecule has 0 aromatic heterocycles. The fraction of sp³-hybridized carbons (Fsp3) is 0.905. The van der Waals surface area contributed by atoms with Crippen LogP contribution in [-0.2, 0) is 9.59 Å². The summed E-state index contributed by atoms with van der Waals surface area (Å²) < 4.78 is 0. The third-order valence-electron chi connectivity index (χ3n) is 7.00. The lowest BCUT2D eigenvalue weighted by Gasteiger charge is -2.58. The first-order valence-electron chi connectivity index (χ1n) is 10.1. The number of piperidine rings is 1. The number of rotatable bonds is 10. The lowest BCUT2D eigenvalue weighted by molar-refractivity contribution is -0.151. The molecule has 3 unspecified atom stereocenters. The standard InChI is InChI=1S/C21H39NO4/c1-15-17(14-20(2,3)22(6)21(15,4)5)16(19(25)26)12-10-8-7-9-11-13-18(23)24/h15-17H,7-14H2,1-6H3,(H,23,24)(H,25,26). The second kappa shape index (κ2) is 9.20. The van der Waals surface area contributed by atoms with Gasteiger partial charge in [0.15, 0.2) is 0 Å². The minimum absolute atomic E-state index is 0.00872. The topological polar surface area (TPSA) is 77.8 Å². The average Bonchev–Trinajstić information content (AvgIpc) is 2.52. The van der Waals surface area contributed by atoms with Crippen LogP contribution in [-0.4, -0.2) is 45.2 Å². The first-order valence-corrected chi connectivity index (χ1v) is 10.1. The van der Waals surface area contributed by atoms with Crippen molar-refractivity contribution < 1.29 is 19.8 Å². The highest BCUT2D eigenvalue weighted by molar-refractivity contribution is 5.70. The number of nitrogens with zero attached hydrogens (tertiary/aromatic N) is 1. The van der Waals surface area contributed by atoms with E-state index in [0.717, 1.165) is 38.5 Å². The molecule has 1 fully saturated rings. The zero-order chi connectivity index (χ0) is 20.1. The summed E-state index contributed by atoms with van der Waals surface area (Å²) in [6.45, 7) is 11.1. The Hall–Kier alpha value is -1.10. The van der Waals surface area contributed by atoms with Crippen molar-refractivity contribution in [2.75, 3.05) is 7.05 Å². The van der Waals surface area contributed by atoms with Gasteiger partial charge in [0.05, 0.1) is 5.92 Å². The molecule has 0 radical (unpaired) electrons. The van der Waals surface area contributed by atoms with Crippen LogP contribution in [0.5, 0.6) is 0 Å². The summed E-state index contributed by atoms with van der Waals surface area (Å²) in [7, 11) is 2.15. The van der Waals surface area contributed by atoms with Gasteiger partial charge in [-0.15, -0.1) is 0 Å². The number of unbranched alkanes of at least 4 members (excludes halogenated alkanes) is 4. The molecule has 5 heteroatoms. The highest BCUT2D eigenvalue weighted by atomic mass is 16.4. The molecule has 0 aliphatic carbocycles. The van der Waals surface area contributed by atoms with Crippen LogP contribution in [0.15, 0.2) is 0 Å². The van der Waals surface area contributed by atoms with E-state index in [2.05, 4.69) is 46.6 Å². The van der Waals surface area contributed by atoms with Crippen molar-refractivity contribution >= 4 is 11.9 Å². The predicted molar refractivity (Wildman–Crippen MR) is 104 cm³/mol. The number of hydrogen-bond donors (Lipinski definition) is 2. The Morgan fingerprint density at radius 2 is 1.58 bits per heavy atom. The minimum atomic E-state index is -0.738. The summed E-state index contributed by atoms with van der Waals surface area (Å²) >= 11 is 0. The van der Waals surface area contributed by atoms with Crippen LogP contribution in [0.2, 0.25) is 0 Å². The van der Waals surface area contributed by atoms with Gasteiger partial charge in [-0.2, -0.15) is 0 Å². The summed E-state index contributed by atoms with van der Waals surface area (Å²) in [5, 5.41) is 18.5. The van der Waals surface area contributed by atoms with Crippen LogP contribution in [0.25, 0.3) is 0 Å². The monoisotopic (exact) mass is 369 g/mol. The van der Waals surface area contributed by atoms with Crippen molar-refractivity contribution in [3.05, 3.63) is 0 Å². The molecule has 1 heterocycles. The van der Waals surface area contributed by atoms with Crippen molar-refractivity contribution in [2.24, 2.45) is 17.8 Å². The quantitative estimate of drug-likeness (QED) is 0.548. The molecule has 1 saturated heterocycles. The second-order valence-corrected chi connectivity index (χ2v) is 9.33. The van der Waals surface area contributed by atoms with Gasteiger partial charge < -0.3 is 10.2 Å². The number of carbonyl (C=O) groups is 2. The predicted octanol–water partition coefficient (Wildman–Crippen LogP) is 4.65. The van der Waals surface area contributed by atoms with Crippen molar-refractivity contribution in [1.82, 2.24) is 4.90 Å². The molecule has 1 rings (SSSR count). The normalized spacial score (nSPS) is 26.4. The maximum absolute atomic E-state index is 12.0. The van der Waals surface area contributed by atoms with E-state index in [1.807, 2.05) is 0 Å². The van der Waals surface area contributed by atoms with Crippen LogP contribution >= 0.6 is 0 Å². The van der Waals surface area contributed by atoms with Crippen molar-refractivity contribution in [3.63, 3.8) is 0 Å². The summed E-state index contributed by atoms with van der Waals surface area (Å²) in [6.07, 6.45) is 6.36. The third-order valence-corrected chi connectivity index (χ3v) is 7.00. The van der Waals surface area contributed by atoms with Gasteiger partial charge in [0, 0.05) is 17.5 Å². The Kier molecular flexibility index (Phi) is 8.12. The smallest absolute Gasteiger partial charge is 0.306 e. The Labute approximate surface area is 159 Å². The molecule has 0 saturated carbocycles. The Balaban J connectivity index is 2.63. The molecule has 0 bridgehead atoms. The van der Waals surface area contributed by atoms with Gasteiger partial charge in [0.1, 0.15) is 0 Å². The molecule has 0 aromatic carbocycles. The molecule has 0 spiro atoms. The summed E-state index contributed by atoms with van der Waals surface area (Å²) in [4.78, 5) is 24.9. The molecule has 26 heavy (non-hydrogen) atoms. The highest BCUT2D eigenvalue weighted by Crippen LogP contribution is 2.47. The lowest BCUT2D eigenvalue weighted by atomic mass is 9.62. The van der Waals surface area contributed by atoms with Gasteiger partial charge in [-0.1, -0.05) is 32.6 Å². The van der Waals surface area contributed by atoms with Crippen LogP contribution in [0.4, 0.5) is 0 Å². The lowest BCUT2D eigenvalue weighted by Crippen LogP contribution is -2.63. The molecule has 0 aromatic rings. The highest BCUT2D eigenvalue weighted by Gasteiger charge is 2.50. The van der Waals surface area contributed by atoms with Gasteiger partial charge in [-0.05, 0) is 65.8 Å². The van der Waals surface area contributed by atoms with Crippen molar-refractivity contribution in [3.8, 4) is 0 Å². The van der Waals surface area contributed by atoms with E-state index in [-0.39, 0.29) is 29.3 Å². The number of likely N-dealkylation sites (tertiary alicyclic amines) is 1. The first-order chi connectivity index (χ1) is 11.9. The first kappa shape index (κ1) is 22.9. The second-order valence-electron chi connectivity index (χ2n) is 9.33. The van der Waals surface area contributed by atoms with Crippen molar-refractivity contribution in [2.45, 2.75) is 97.1 Å². The SMILES string of the molecule is CC1C(C(CCCCCCCC(=O)O)C(=O)O)CC(C)(C)N(C)C1(C)C. The molecule has 3 atom stereocenters. The van der Waals surface area contributed by atoms with Gasteiger partial charge in [-0.3, -0.25) is 14.5 Å². The summed E-state index contributed by atoms with van der Waals surface area (Å²) in [5.41, 5.74) is -0.0395. The van der Waals surface area contributed by atoms with Crippen LogP contribution in [0.1, 0.15) is 86.0 Å². The molecule has 1 aliphatic rings. The van der Waals surface area contributed by atoms with Gasteiger partial charge >= 0.3 is 11.9 Å². The summed E-state index contributed by atoms with van der Waals surface area (Å²) in [5.74, 6) is -1.20. The number of carboxylic acids is 2. The molecular formula is C21H39NO4. The molecular weight excluding hydrogens is 330 g/mol. The van der Waals surface area contributed by atoms with E-state index in [0.29, 0.717) is 12.3 Å². The molecule has 5 nitrogen and oxygen atoms in total. The van der Waals surface area contributed by atoms with Crippen LogP contribution < -0.4 is 0 Å². The maximum atomic E-state index is 12.0. The van der Waals surface area contributed by atoms with E-state index in [1.165, 1.54) is 0 Å². The molecule has 0 amide bonds. The van der Waals surface area contributed by atoms with E-state index in [9.17, 15) is 14.7 Å². The number of aliphatic carboxylic acids is 2. The van der Waals surface area contributed by atoms with Crippen molar-refractivity contribution in [1.29, 1.82) is 0 Å². The molecule has 2 N–H and O–H groups in total. The average molecular weight is 370 g/mol. The van der Waals surface area contributed by atoms with Gasteiger partial charge in [0.25, 0.3) is 0 Å². The summed E-state index contributed by atoms with van der Waals surface area (Å²) in [6, 6.07) is 0. The Bertz CT molecular complexity index is 486.